The van der Waals surface area contributed by atoms with Crippen molar-refractivity contribution in [3.63, 3.8) is 0 Å². The van der Waals surface area contributed by atoms with Crippen molar-refractivity contribution in [3.8, 4) is 0 Å². The van der Waals surface area contributed by atoms with Gasteiger partial charge in [0.15, 0.2) is 0 Å². The second kappa shape index (κ2) is 7.43. The van der Waals surface area contributed by atoms with Gasteiger partial charge in [0.2, 0.25) is 5.91 Å². The molecule has 0 atom stereocenters. The molecule has 0 bridgehead atoms. The van der Waals surface area contributed by atoms with Crippen LogP contribution in [0.5, 0.6) is 0 Å². The number of hydrazine groups is 1. The summed E-state index contributed by atoms with van der Waals surface area (Å²) >= 11 is 0. The van der Waals surface area contributed by atoms with Crippen molar-refractivity contribution < 1.29 is 24.3 Å². The highest BCUT2D eigenvalue weighted by Gasteiger charge is 2.06. The number of hydrogen-bond donors (Lipinski definition) is 4. The highest BCUT2D eigenvalue weighted by Crippen LogP contribution is 2.09. The predicted molar refractivity (Wildman–Crippen MR) is 73.1 cm³/mol. The van der Waals surface area contributed by atoms with Gasteiger partial charge in [-0.3, -0.25) is 25.2 Å². The van der Waals surface area contributed by atoms with Gasteiger partial charge < -0.3 is 10.4 Å². The minimum Gasteiger partial charge on any atom is -0.478 e. The lowest BCUT2D eigenvalue weighted by Gasteiger charge is -2.06. The summed E-state index contributed by atoms with van der Waals surface area (Å²) in [6.07, 6.45) is 1.41. The summed E-state index contributed by atoms with van der Waals surface area (Å²) in [5.41, 5.74) is 4.93. The molecule has 0 spiro atoms. The summed E-state index contributed by atoms with van der Waals surface area (Å²) < 4.78 is 0. The minimum absolute atomic E-state index is 0.232. The Morgan fingerprint density at radius 2 is 1.62 bits per heavy atom. The summed E-state index contributed by atoms with van der Waals surface area (Å²) in [4.78, 5) is 43.8. The van der Waals surface area contributed by atoms with Crippen molar-refractivity contribution >= 4 is 29.4 Å². The molecule has 4 N–H and O–H groups in total. The Kier molecular flexibility index (Phi) is 5.63. The maximum atomic E-state index is 11.7. The standard InChI is InChI=1S/C13H13N3O5/c1-8(17)14-10-4-2-9(3-5-10)13(21)16-15-11(18)6-7-12(19)20/h2-7H,1H3,(H,14,17)(H,15,18)(H,16,21)(H,19,20)/b7-6-. The fraction of sp³-hybridized carbons (Fsp3) is 0.0769. The molecule has 0 fully saturated rings. The first-order valence-corrected chi connectivity index (χ1v) is 5.77. The molecule has 0 saturated carbocycles. The average Bonchev–Trinajstić information content (AvgIpc) is 2.42. The smallest absolute Gasteiger partial charge is 0.328 e. The van der Waals surface area contributed by atoms with Crippen molar-refractivity contribution in [1.82, 2.24) is 10.9 Å². The molecular weight excluding hydrogens is 278 g/mol. The van der Waals surface area contributed by atoms with Crippen LogP contribution in [-0.2, 0) is 14.4 Å². The van der Waals surface area contributed by atoms with Gasteiger partial charge in [-0.1, -0.05) is 0 Å². The molecule has 1 aromatic carbocycles. The Bertz CT molecular complexity index is 592. The third-order valence-electron chi connectivity index (χ3n) is 2.14. The van der Waals surface area contributed by atoms with Crippen molar-refractivity contribution in [1.29, 1.82) is 0 Å². The van der Waals surface area contributed by atoms with Crippen LogP contribution in [0.25, 0.3) is 0 Å². The lowest BCUT2D eigenvalue weighted by atomic mass is 10.2. The van der Waals surface area contributed by atoms with Gasteiger partial charge in [-0.05, 0) is 24.3 Å². The van der Waals surface area contributed by atoms with E-state index in [1.165, 1.54) is 31.2 Å². The quantitative estimate of drug-likeness (QED) is 0.460. The highest BCUT2D eigenvalue weighted by molar-refractivity contribution is 5.98. The zero-order chi connectivity index (χ0) is 15.8. The normalized spacial score (nSPS) is 9.95. The number of rotatable bonds is 4. The number of carboxylic acid groups (broad SMARTS) is 1. The van der Waals surface area contributed by atoms with Crippen molar-refractivity contribution in [2.45, 2.75) is 6.92 Å². The van der Waals surface area contributed by atoms with Crippen LogP contribution in [0.4, 0.5) is 5.69 Å². The zero-order valence-electron chi connectivity index (χ0n) is 11.0. The van der Waals surface area contributed by atoms with Crippen LogP contribution in [0.3, 0.4) is 0 Å². The fourth-order valence-corrected chi connectivity index (χ4v) is 1.29. The molecule has 8 heteroatoms. The fourth-order valence-electron chi connectivity index (χ4n) is 1.29. The molecule has 3 amide bonds. The minimum atomic E-state index is -1.27. The molecule has 21 heavy (non-hydrogen) atoms. The Balaban J connectivity index is 2.54. The van der Waals surface area contributed by atoms with Crippen LogP contribution in [0.2, 0.25) is 0 Å². The molecule has 8 nitrogen and oxygen atoms in total. The molecule has 0 saturated heterocycles. The third-order valence-corrected chi connectivity index (χ3v) is 2.14. The number of amides is 3. The van der Waals surface area contributed by atoms with Gasteiger partial charge in [0, 0.05) is 30.3 Å². The van der Waals surface area contributed by atoms with Gasteiger partial charge in [0.1, 0.15) is 0 Å². The molecule has 0 heterocycles. The topological polar surface area (TPSA) is 125 Å². The van der Waals surface area contributed by atoms with E-state index in [0.717, 1.165) is 6.08 Å². The van der Waals surface area contributed by atoms with Crippen molar-refractivity contribution in [2.75, 3.05) is 5.32 Å². The van der Waals surface area contributed by atoms with Crippen molar-refractivity contribution in [2.24, 2.45) is 0 Å². The lowest BCUT2D eigenvalue weighted by molar-refractivity contribution is -0.131. The first-order chi connectivity index (χ1) is 9.88. The van der Waals surface area contributed by atoms with Crippen LogP contribution < -0.4 is 16.2 Å². The van der Waals surface area contributed by atoms with Gasteiger partial charge in [-0.15, -0.1) is 0 Å². The van der Waals surface area contributed by atoms with Crippen LogP contribution in [0.15, 0.2) is 36.4 Å². The second-order valence-corrected chi connectivity index (χ2v) is 3.87. The number of hydrogen-bond acceptors (Lipinski definition) is 4. The van der Waals surface area contributed by atoms with Gasteiger partial charge in [0.25, 0.3) is 11.8 Å². The third kappa shape index (κ3) is 6.01. The summed E-state index contributed by atoms with van der Waals surface area (Å²) in [6, 6.07) is 5.98. The molecule has 0 aromatic heterocycles. The number of anilines is 1. The number of nitrogens with one attached hydrogen (secondary N) is 3. The number of benzene rings is 1. The van der Waals surface area contributed by atoms with E-state index in [9.17, 15) is 19.2 Å². The summed E-state index contributed by atoms with van der Waals surface area (Å²) in [6.45, 7) is 1.36. The maximum absolute atomic E-state index is 11.7. The van der Waals surface area contributed by atoms with Crippen LogP contribution in [0.1, 0.15) is 17.3 Å². The van der Waals surface area contributed by atoms with E-state index in [1.807, 2.05) is 5.43 Å². The first-order valence-electron chi connectivity index (χ1n) is 5.77. The molecular formula is C13H13N3O5. The molecule has 0 aliphatic carbocycles. The predicted octanol–water partition coefficient (Wildman–Crippen LogP) is 0.0468. The van der Waals surface area contributed by atoms with E-state index in [1.54, 1.807) is 0 Å². The monoisotopic (exact) mass is 291 g/mol. The second-order valence-electron chi connectivity index (χ2n) is 3.87. The SMILES string of the molecule is CC(=O)Nc1ccc(C(=O)NNC(=O)/C=C\C(=O)O)cc1. The Labute approximate surface area is 119 Å². The van der Waals surface area contributed by atoms with E-state index in [-0.39, 0.29) is 11.5 Å². The van der Waals surface area contributed by atoms with Crippen LogP contribution in [0, 0.1) is 0 Å². The van der Waals surface area contributed by atoms with Gasteiger partial charge in [0.05, 0.1) is 0 Å². The van der Waals surface area contributed by atoms with Gasteiger partial charge in [-0.25, -0.2) is 4.79 Å². The first kappa shape index (κ1) is 15.9. The summed E-state index contributed by atoms with van der Waals surface area (Å²) in [5.74, 6) is -2.86. The molecule has 1 rings (SSSR count). The Morgan fingerprint density at radius 1 is 1.00 bits per heavy atom. The van der Waals surface area contributed by atoms with E-state index in [4.69, 9.17) is 5.11 Å². The Hall–Kier alpha value is -3.16. The summed E-state index contributed by atoms with van der Waals surface area (Å²) in [5, 5.41) is 10.9. The summed E-state index contributed by atoms with van der Waals surface area (Å²) in [7, 11) is 0. The molecule has 0 aliphatic heterocycles. The van der Waals surface area contributed by atoms with Gasteiger partial charge >= 0.3 is 5.97 Å². The van der Waals surface area contributed by atoms with Crippen LogP contribution in [-0.4, -0.2) is 28.8 Å². The lowest BCUT2D eigenvalue weighted by Crippen LogP contribution is -2.40. The van der Waals surface area contributed by atoms with Gasteiger partial charge in [-0.2, -0.15) is 0 Å². The van der Waals surface area contributed by atoms with Crippen LogP contribution >= 0.6 is 0 Å². The van der Waals surface area contributed by atoms with E-state index in [0.29, 0.717) is 11.8 Å². The van der Waals surface area contributed by atoms with E-state index >= 15 is 0 Å². The number of carbonyl (C=O) groups excluding carboxylic acids is 3. The largest absolute Gasteiger partial charge is 0.478 e. The number of carboxylic acids is 1. The molecule has 1 aromatic rings. The van der Waals surface area contributed by atoms with E-state index in [2.05, 4.69) is 10.7 Å². The Morgan fingerprint density at radius 3 is 2.14 bits per heavy atom. The number of carbonyl (C=O) groups is 4. The van der Waals surface area contributed by atoms with Crippen molar-refractivity contribution in [3.05, 3.63) is 42.0 Å². The highest BCUT2D eigenvalue weighted by atomic mass is 16.4. The van der Waals surface area contributed by atoms with E-state index < -0.39 is 17.8 Å². The maximum Gasteiger partial charge on any atom is 0.328 e. The molecule has 0 radical (unpaired) electrons. The number of aliphatic carboxylic acids is 1. The molecule has 0 aliphatic rings. The molecule has 0 unspecified atom stereocenters. The molecule has 110 valence electrons. The average molecular weight is 291 g/mol. The zero-order valence-corrected chi connectivity index (χ0v) is 11.0.